The van der Waals surface area contributed by atoms with Crippen LogP contribution < -0.4 is 21.1 Å². The molecule has 0 aromatic heterocycles. The van der Waals surface area contributed by atoms with Gasteiger partial charge in [-0.1, -0.05) is 17.7 Å². The molecule has 2 aromatic rings. The minimum Gasteiger partial charge on any atom is -0.495 e. The first-order chi connectivity index (χ1) is 19.1. The second-order valence-corrected chi connectivity index (χ2v) is 11.5. The van der Waals surface area contributed by atoms with E-state index in [-0.39, 0.29) is 48.2 Å². The lowest BCUT2D eigenvalue weighted by molar-refractivity contribution is -0.140. The van der Waals surface area contributed by atoms with Crippen molar-refractivity contribution in [3.63, 3.8) is 0 Å². The third-order valence-electron chi connectivity index (χ3n) is 6.38. The number of guanidine groups is 1. The first kappa shape index (κ1) is 30.9. The fraction of sp³-hybridized carbons (Fsp3) is 0.417. The predicted octanol–water partition coefficient (Wildman–Crippen LogP) is 4.48. The fourth-order valence-electron chi connectivity index (χ4n) is 4.60. The number of rotatable bonds is 7. The lowest BCUT2D eigenvalue weighted by atomic mass is 9.98. The zero-order chi connectivity index (χ0) is 30.2. The Morgan fingerprint density at radius 1 is 1.15 bits per heavy atom. The molecular formula is C24H25ClF6N6O3S. The van der Waals surface area contributed by atoms with Gasteiger partial charge in [-0.3, -0.25) is 0 Å². The highest BCUT2D eigenvalue weighted by Crippen LogP contribution is 2.45. The molecule has 0 aliphatic carbocycles. The maximum Gasteiger partial charge on any atom is 0.417 e. The Bertz CT molecular complexity index is 1470. The third kappa shape index (κ3) is 7.05. The Hall–Kier alpha value is -3.08. The summed E-state index contributed by atoms with van der Waals surface area (Å²) in [7, 11) is -3.82. The molecule has 0 spiro atoms. The maximum absolute atomic E-state index is 14.3. The lowest BCUT2D eigenvalue weighted by Gasteiger charge is -2.34. The van der Waals surface area contributed by atoms with Crippen molar-refractivity contribution in [2.24, 2.45) is 15.7 Å². The van der Waals surface area contributed by atoms with Gasteiger partial charge in [0.15, 0.2) is 0 Å². The van der Waals surface area contributed by atoms with Crippen molar-refractivity contribution in [2.75, 3.05) is 38.6 Å². The van der Waals surface area contributed by atoms with E-state index in [0.717, 1.165) is 37.4 Å². The monoisotopic (exact) mass is 626 g/mol. The molecule has 9 nitrogen and oxygen atoms in total. The summed E-state index contributed by atoms with van der Waals surface area (Å²) in [5.74, 6) is -0.213. The molecule has 0 amide bonds. The molecule has 2 aliphatic heterocycles. The van der Waals surface area contributed by atoms with Gasteiger partial charge in [-0.2, -0.15) is 35.6 Å². The number of halogens is 7. The third-order valence-corrected chi connectivity index (χ3v) is 8.60. The summed E-state index contributed by atoms with van der Waals surface area (Å²) >= 11 is 6.31. The van der Waals surface area contributed by atoms with Gasteiger partial charge in [-0.05, 0) is 55.8 Å². The summed E-state index contributed by atoms with van der Waals surface area (Å²) < 4.78 is 116. The van der Waals surface area contributed by atoms with Gasteiger partial charge < -0.3 is 21.1 Å². The van der Waals surface area contributed by atoms with E-state index >= 15 is 0 Å². The number of piperidine rings is 1. The first-order valence-corrected chi connectivity index (χ1v) is 13.9. The highest BCUT2D eigenvalue weighted by molar-refractivity contribution is 7.89. The molecule has 41 heavy (non-hydrogen) atoms. The van der Waals surface area contributed by atoms with E-state index < -0.39 is 56.0 Å². The van der Waals surface area contributed by atoms with Gasteiger partial charge in [0.2, 0.25) is 16.0 Å². The number of amidine groups is 1. The number of methoxy groups -OCH3 is 1. The van der Waals surface area contributed by atoms with E-state index in [1.807, 2.05) is 0 Å². The number of nitrogens with zero attached hydrogens (tertiary/aromatic N) is 3. The van der Waals surface area contributed by atoms with Gasteiger partial charge in [0.1, 0.15) is 29.6 Å². The average Bonchev–Trinajstić information content (AvgIpc) is 3.30. The van der Waals surface area contributed by atoms with Gasteiger partial charge in [-0.15, -0.1) is 0 Å². The number of aliphatic imine (C=N–C) groups is 2. The topological polar surface area (TPSA) is 121 Å². The molecule has 2 aromatic carbocycles. The number of alkyl halides is 6. The molecule has 0 saturated carbocycles. The minimum atomic E-state index is -4.97. The normalized spacial score (nSPS) is 17.0. The molecule has 0 bridgehead atoms. The van der Waals surface area contributed by atoms with E-state index in [0.29, 0.717) is 17.4 Å². The molecule has 1 fully saturated rings. The second kappa shape index (κ2) is 11.7. The minimum absolute atomic E-state index is 0.0278. The smallest absolute Gasteiger partial charge is 0.417 e. The van der Waals surface area contributed by atoms with E-state index in [4.69, 9.17) is 22.1 Å². The van der Waals surface area contributed by atoms with Crippen molar-refractivity contribution < 1.29 is 39.5 Å². The van der Waals surface area contributed by atoms with E-state index in [1.54, 1.807) is 0 Å². The van der Waals surface area contributed by atoms with Gasteiger partial charge in [-0.25, -0.2) is 13.4 Å². The van der Waals surface area contributed by atoms with Crippen LogP contribution in [0.5, 0.6) is 5.75 Å². The maximum atomic E-state index is 14.3. The number of nitrogens with one attached hydrogen (secondary N) is 2. The molecule has 2 aliphatic rings. The lowest BCUT2D eigenvalue weighted by Crippen LogP contribution is -2.49. The number of benzene rings is 2. The van der Waals surface area contributed by atoms with Crippen molar-refractivity contribution in [1.29, 1.82) is 0 Å². The molecule has 0 radical (unpaired) electrons. The van der Waals surface area contributed by atoms with Crippen LogP contribution in [0.3, 0.4) is 0 Å². The predicted molar refractivity (Wildman–Crippen MR) is 142 cm³/mol. The van der Waals surface area contributed by atoms with Gasteiger partial charge in [0.25, 0.3) is 0 Å². The van der Waals surface area contributed by atoms with Crippen molar-refractivity contribution in [2.45, 2.75) is 36.1 Å². The zero-order valence-electron chi connectivity index (χ0n) is 21.4. The first-order valence-electron chi connectivity index (χ1n) is 12.1. The van der Waals surface area contributed by atoms with Crippen LogP contribution in [0.2, 0.25) is 5.02 Å². The Labute approximate surface area is 236 Å². The van der Waals surface area contributed by atoms with Crippen molar-refractivity contribution in [3.05, 3.63) is 40.9 Å². The van der Waals surface area contributed by atoms with Crippen molar-refractivity contribution >= 4 is 39.1 Å². The number of nitrogens with two attached hydrogens (primary N) is 1. The zero-order valence-corrected chi connectivity index (χ0v) is 23.0. The Morgan fingerprint density at radius 3 is 2.39 bits per heavy atom. The van der Waals surface area contributed by atoms with Crippen molar-refractivity contribution in [1.82, 2.24) is 9.62 Å². The summed E-state index contributed by atoms with van der Waals surface area (Å²) in [4.78, 5) is 7.07. The molecule has 2 heterocycles. The van der Waals surface area contributed by atoms with Crippen LogP contribution in [-0.2, 0) is 16.2 Å². The van der Waals surface area contributed by atoms with Crippen LogP contribution in [0.15, 0.2) is 45.2 Å². The van der Waals surface area contributed by atoms with Gasteiger partial charge in [0.05, 0.1) is 17.7 Å². The van der Waals surface area contributed by atoms with Crippen LogP contribution >= 0.6 is 11.6 Å². The highest BCUT2D eigenvalue weighted by atomic mass is 35.5. The van der Waals surface area contributed by atoms with E-state index in [2.05, 4.69) is 20.6 Å². The molecule has 0 unspecified atom stereocenters. The Balaban J connectivity index is 1.84. The van der Waals surface area contributed by atoms with Crippen molar-refractivity contribution in [3.8, 4) is 16.9 Å². The summed E-state index contributed by atoms with van der Waals surface area (Å²) in [5, 5.41) is 5.13. The van der Waals surface area contributed by atoms with E-state index in [1.165, 1.54) is 0 Å². The molecule has 4 N–H and O–H groups in total. The largest absolute Gasteiger partial charge is 0.495 e. The number of anilines is 1. The second-order valence-electron chi connectivity index (χ2n) is 9.26. The average molecular weight is 627 g/mol. The standard InChI is InChI=1S/C24H25ClF6N6O3S/c1-40-18-3-2-13(8-19(18)41(38,39)37(12-23(26,27)28)15-4-6-33-7-5-15)21-16(24(29,30)31)9-14(10-17(21)25)35-22-34-11-20(32)36-22/h2-3,8-10,15,33H,4-7,11-12H2,1H3,(H3,32,34,35,36). The number of sulfonamides is 1. The quantitative estimate of drug-likeness (QED) is 0.390. The summed E-state index contributed by atoms with van der Waals surface area (Å²) in [6, 6.07) is 3.95. The molecular weight excluding hydrogens is 602 g/mol. The number of hydrogen-bond acceptors (Lipinski definition) is 8. The molecule has 224 valence electrons. The summed E-state index contributed by atoms with van der Waals surface area (Å²) in [6.07, 6.45) is -9.63. The number of hydrogen-bond donors (Lipinski definition) is 3. The van der Waals surface area contributed by atoms with Crippen LogP contribution in [0, 0.1) is 0 Å². The molecule has 0 atom stereocenters. The summed E-state index contributed by atoms with van der Waals surface area (Å²) in [6.45, 7) is -1.13. The van der Waals surface area contributed by atoms with Crippen LogP contribution in [0.25, 0.3) is 11.1 Å². The van der Waals surface area contributed by atoms with Gasteiger partial charge >= 0.3 is 12.4 Å². The summed E-state index contributed by atoms with van der Waals surface area (Å²) in [5.41, 5.74) is 3.31. The Morgan fingerprint density at radius 2 is 1.83 bits per heavy atom. The SMILES string of the molecule is COc1ccc(-c2c(Cl)cc(NC3=NCC(N)=N3)cc2C(F)(F)F)cc1S(=O)(=O)N(CC(F)(F)F)C1CCNCC1. The molecule has 1 saturated heterocycles. The fourth-order valence-corrected chi connectivity index (χ4v) is 6.78. The van der Waals surface area contributed by atoms with Crippen LogP contribution in [0.4, 0.5) is 32.0 Å². The van der Waals surface area contributed by atoms with E-state index in [9.17, 15) is 34.8 Å². The van der Waals surface area contributed by atoms with Gasteiger partial charge in [0, 0.05) is 17.3 Å². The highest BCUT2D eigenvalue weighted by Gasteiger charge is 2.43. The van der Waals surface area contributed by atoms with Crippen LogP contribution in [-0.4, -0.2) is 70.0 Å². The Kier molecular flexibility index (Phi) is 8.78. The number of ether oxygens (including phenoxy) is 1. The molecule has 4 rings (SSSR count). The van der Waals surface area contributed by atoms with Crippen LogP contribution in [0.1, 0.15) is 18.4 Å². The molecule has 17 heteroatoms.